The predicted molar refractivity (Wildman–Crippen MR) is 91.8 cm³/mol. The van der Waals surface area contributed by atoms with E-state index >= 15 is 0 Å². The summed E-state index contributed by atoms with van der Waals surface area (Å²) in [5.41, 5.74) is 0.752. The first-order chi connectivity index (χ1) is 11.6. The summed E-state index contributed by atoms with van der Waals surface area (Å²) in [6.45, 7) is 3.51. The van der Waals surface area contributed by atoms with Crippen LogP contribution >= 0.6 is 11.6 Å². The summed E-state index contributed by atoms with van der Waals surface area (Å²) in [6.07, 6.45) is 1.81. The molecule has 6 nitrogen and oxygen atoms in total. The maximum Gasteiger partial charge on any atom is 0.226 e. The van der Waals surface area contributed by atoms with Crippen LogP contribution in [0.3, 0.4) is 0 Å². The largest absolute Gasteiger partial charge is 0.340 e. The van der Waals surface area contributed by atoms with Gasteiger partial charge in [-0.3, -0.25) is 4.79 Å². The average molecular weight is 349 g/mol. The number of rotatable bonds is 5. The lowest BCUT2D eigenvalue weighted by molar-refractivity contribution is -0.132. The second-order valence-electron chi connectivity index (χ2n) is 6.03. The van der Waals surface area contributed by atoms with E-state index in [2.05, 4.69) is 22.1 Å². The number of likely N-dealkylation sites (N-methyl/N-ethyl adjacent to an activating group) is 1. The quantitative estimate of drug-likeness (QED) is 0.830. The van der Waals surface area contributed by atoms with Crippen LogP contribution in [-0.4, -0.2) is 59.1 Å². The number of benzene rings is 1. The Balaban J connectivity index is 1.49. The fourth-order valence-corrected chi connectivity index (χ4v) is 2.93. The lowest BCUT2D eigenvalue weighted by Gasteiger charge is -2.32. The molecule has 1 fully saturated rings. The van der Waals surface area contributed by atoms with Crippen LogP contribution in [0, 0.1) is 0 Å². The first kappa shape index (κ1) is 16.9. The number of hydrogen-bond acceptors (Lipinski definition) is 5. The number of piperazine rings is 1. The van der Waals surface area contributed by atoms with Crippen molar-refractivity contribution in [3.05, 3.63) is 35.2 Å². The summed E-state index contributed by atoms with van der Waals surface area (Å²) >= 11 is 6.13. The van der Waals surface area contributed by atoms with E-state index < -0.39 is 0 Å². The van der Waals surface area contributed by atoms with Gasteiger partial charge in [0.25, 0.3) is 0 Å². The number of aromatic nitrogens is 2. The van der Waals surface area contributed by atoms with Gasteiger partial charge in [0.2, 0.25) is 17.6 Å². The molecule has 2 aromatic rings. The highest BCUT2D eigenvalue weighted by Crippen LogP contribution is 2.25. The molecule has 128 valence electrons. The summed E-state index contributed by atoms with van der Waals surface area (Å²) in [4.78, 5) is 20.7. The summed E-state index contributed by atoms with van der Waals surface area (Å²) in [5, 5.41) is 4.56. The van der Waals surface area contributed by atoms with Crippen molar-refractivity contribution in [2.24, 2.45) is 0 Å². The molecule has 1 amide bonds. The number of halogens is 1. The van der Waals surface area contributed by atoms with Crippen molar-refractivity contribution in [1.82, 2.24) is 19.9 Å². The highest BCUT2D eigenvalue weighted by atomic mass is 35.5. The highest BCUT2D eigenvalue weighted by molar-refractivity contribution is 6.33. The van der Waals surface area contributed by atoms with Gasteiger partial charge in [-0.05, 0) is 25.6 Å². The number of aryl methyl sites for hydroxylation is 1. The molecule has 1 aromatic carbocycles. The molecule has 0 atom stereocenters. The van der Waals surface area contributed by atoms with Crippen LogP contribution in [0.5, 0.6) is 0 Å². The fourth-order valence-electron chi connectivity index (χ4n) is 2.71. The molecule has 2 heterocycles. The molecule has 1 aliphatic rings. The van der Waals surface area contributed by atoms with Crippen LogP contribution in [0.4, 0.5) is 0 Å². The van der Waals surface area contributed by atoms with Crippen LogP contribution in [0.25, 0.3) is 11.4 Å². The van der Waals surface area contributed by atoms with Crippen LogP contribution in [0.2, 0.25) is 5.02 Å². The predicted octanol–water partition coefficient (Wildman–Crippen LogP) is 2.49. The van der Waals surface area contributed by atoms with E-state index in [1.165, 1.54) is 0 Å². The Hall–Kier alpha value is -1.92. The Morgan fingerprint density at radius 1 is 1.25 bits per heavy atom. The first-order valence-corrected chi connectivity index (χ1v) is 8.55. The first-order valence-electron chi connectivity index (χ1n) is 8.17. The second kappa shape index (κ2) is 7.77. The third-order valence-corrected chi connectivity index (χ3v) is 4.55. The molecule has 0 saturated carbocycles. The van der Waals surface area contributed by atoms with Crippen molar-refractivity contribution < 1.29 is 9.32 Å². The van der Waals surface area contributed by atoms with E-state index in [1.807, 2.05) is 23.1 Å². The van der Waals surface area contributed by atoms with Crippen molar-refractivity contribution in [3.63, 3.8) is 0 Å². The third-order valence-electron chi connectivity index (χ3n) is 4.22. The number of carbonyl (C=O) groups is 1. The van der Waals surface area contributed by atoms with Crippen LogP contribution in [0.15, 0.2) is 28.8 Å². The molecule has 24 heavy (non-hydrogen) atoms. The zero-order valence-electron chi connectivity index (χ0n) is 13.7. The van der Waals surface area contributed by atoms with Crippen LogP contribution < -0.4 is 0 Å². The van der Waals surface area contributed by atoms with Gasteiger partial charge >= 0.3 is 0 Å². The Morgan fingerprint density at radius 2 is 2.00 bits per heavy atom. The number of amides is 1. The molecular weight excluding hydrogens is 328 g/mol. The Morgan fingerprint density at radius 3 is 2.75 bits per heavy atom. The lowest BCUT2D eigenvalue weighted by atomic mass is 10.2. The van der Waals surface area contributed by atoms with Gasteiger partial charge in [-0.15, -0.1) is 0 Å². The van der Waals surface area contributed by atoms with Crippen LogP contribution in [0.1, 0.15) is 18.7 Å². The van der Waals surface area contributed by atoms with Crippen molar-refractivity contribution in [3.8, 4) is 11.4 Å². The zero-order chi connectivity index (χ0) is 16.9. The minimum Gasteiger partial charge on any atom is -0.340 e. The minimum absolute atomic E-state index is 0.203. The van der Waals surface area contributed by atoms with Gasteiger partial charge in [0.05, 0.1) is 5.02 Å². The third kappa shape index (κ3) is 4.13. The standard InChI is InChI=1S/C17H21ClN4O2/c1-21-9-11-22(12-10-21)16(23)8-4-7-15-19-17(20-24-15)13-5-2-3-6-14(13)18/h2-3,5-6H,4,7-12H2,1H3. The number of carbonyl (C=O) groups excluding carboxylic acids is 1. The van der Waals surface area contributed by atoms with Gasteiger partial charge in [0.1, 0.15) is 0 Å². The Bertz CT molecular complexity index is 695. The van der Waals surface area contributed by atoms with E-state index in [1.54, 1.807) is 6.07 Å². The maximum atomic E-state index is 12.2. The molecule has 0 N–H and O–H groups in total. The minimum atomic E-state index is 0.203. The smallest absolute Gasteiger partial charge is 0.226 e. The van der Waals surface area contributed by atoms with Gasteiger partial charge in [-0.25, -0.2) is 0 Å². The Labute approximate surface area is 146 Å². The van der Waals surface area contributed by atoms with E-state index in [0.29, 0.717) is 36.0 Å². The molecule has 1 aliphatic heterocycles. The molecule has 1 saturated heterocycles. The molecule has 3 rings (SSSR count). The fraction of sp³-hybridized carbons (Fsp3) is 0.471. The summed E-state index contributed by atoms with van der Waals surface area (Å²) in [6, 6.07) is 7.39. The molecule has 0 aliphatic carbocycles. The highest BCUT2D eigenvalue weighted by Gasteiger charge is 2.19. The summed E-state index contributed by atoms with van der Waals surface area (Å²) in [5.74, 6) is 1.23. The normalized spacial score (nSPS) is 15.7. The number of hydrogen-bond donors (Lipinski definition) is 0. The van der Waals surface area contributed by atoms with E-state index in [0.717, 1.165) is 31.7 Å². The van der Waals surface area contributed by atoms with Gasteiger partial charge in [-0.2, -0.15) is 4.98 Å². The van der Waals surface area contributed by atoms with E-state index in [4.69, 9.17) is 16.1 Å². The van der Waals surface area contributed by atoms with Gasteiger partial charge in [-0.1, -0.05) is 28.9 Å². The lowest BCUT2D eigenvalue weighted by Crippen LogP contribution is -2.47. The van der Waals surface area contributed by atoms with Gasteiger partial charge in [0, 0.05) is 44.6 Å². The van der Waals surface area contributed by atoms with Gasteiger partial charge < -0.3 is 14.3 Å². The maximum absolute atomic E-state index is 12.2. The average Bonchev–Trinajstić information content (AvgIpc) is 3.04. The molecule has 1 aromatic heterocycles. The Kier molecular flexibility index (Phi) is 5.48. The van der Waals surface area contributed by atoms with Crippen molar-refractivity contribution in [2.75, 3.05) is 33.2 Å². The van der Waals surface area contributed by atoms with Crippen molar-refractivity contribution in [2.45, 2.75) is 19.3 Å². The van der Waals surface area contributed by atoms with E-state index in [9.17, 15) is 4.79 Å². The topological polar surface area (TPSA) is 62.5 Å². The molecule has 7 heteroatoms. The molecule has 0 bridgehead atoms. The van der Waals surface area contributed by atoms with Crippen LogP contribution in [-0.2, 0) is 11.2 Å². The van der Waals surface area contributed by atoms with Crippen molar-refractivity contribution in [1.29, 1.82) is 0 Å². The SMILES string of the molecule is CN1CCN(C(=O)CCCc2nc(-c3ccccc3Cl)no2)CC1. The summed E-state index contributed by atoms with van der Waals surface area (Å²) in [7, 11) is 2.08. The monoisotopic (exact) mass is 348 g/mol. The molecule has 0 radical (unpaired) electrons. The zero-order valence-corrected chi connectivity index (χ0v) is 14.5. The summed E-state index contributed by atoms with van der Waals surface area (Å²) < 4.78 is 5.26. The van der Waals surface area contributed by atoms with E-state index in [-0.39, 0.29) is 5.91 Å². The number of nitrogens with zero attached hydrogens (tertiary/aromatic N) is 4. The molecule has 0 unspecified atom stereocenters. The van der Waals surface area contributed by atoms with Crippen molar-refractivity contribution >= 4 is 17.5 Å². The molecular formula is C17H21ClN4O2. The van der Waals surface area contributed by atoms with Gasteiger partial charge in [0.15, 0.2) is 0 Å². The second-order valence-corrected chi connectivity index (χ2v) is 6.44. The molecule has 0 spiro atoms.